The molecular weight excluding hydrogens is 415 g/mol. The highest BCUT2D eigenvalue weighted by atomic mass is 32.2. The van der Waals surface area contributed by atoms with Crippen LogP contribution in [0, 0.1) is 5.41 Å². The third-order valence-electron chi connectivity index (χ3n) is 4.77. The van der Waals surface area contributed by atoms with Crippen LogP contribution < -0.4 is 4.67 Å². The highest BCUT2D eigenvalue weighted by molar-refractivity contribution is 7.93. The Labute approximate surface area is 166 Å². The number of hydroxylamine groups is 2. The summed E-state index contributed by atoms with van der Waals surface area (Å²) in [7, 11) is -4.20. The van der Waals surface area contributed by atoms with Crippen LogP contribution in [0.15, 0.2) is 16.8 Å². The molecule has 1 amide bonds. The van der Waals surface area contributed by atoms with Crippen LogP contribution in [0.2, 0.25) is 0 Å². The van der Waals surface area contributed by atoms with Crippen molar-refractivity contribution >= 4 is 33.4 Å². The first-order valence-corrected chi connectivity index (χ1v) is 10.4. The quantitative estimate of drug-likeness (QED) is 0.609. The topological polar surface area (TPSA) is 110 Å². The van der Waals surface area contributed by atoms with Gasteiger partial charge >= 0.3 is 18.0 Å². The Morgan fingerprint density at radius 1 is 1.28 bits per heavy atom. The lowest BCUT2D eigenvalue weighted by Crippen LogP contribution is -2.50. The van der Waals surface area contributed by atoms with Gasteiger partial charge in [-0.2, -0.15) is 18.2 Å². The SMILES string of the molecule is CC1=[N+]=C(C(C)(C)C2=CC(=NC(=O)C(C)(C)S(=O)(=O)CCCC(F)(F)F)N2O)O1. The van der Waals surface area contributed by atoms with E-state index in [0.717, 1.165) is 13.8 Å². The van der Waals surface area contributed by atoms with E-state index in [1.54, 1.807) is 20.8 Å². The number of amidine groups is 1. The van der Waals surface area contributed by atoms with Crippen molar-refractivity contribution in [1.82, 2.24) is 9.73 Å². The number of carbonyl (C=O) groups is 1. The minimum atomic E-state index is -4.48. The third-order valence-corrected chi connectivity index (χ3v) is 7.33. The molecule has 0 unspecified atom stereocenters. The molecule has 0 saturated heterocycles. The smallest absolute Gasteiger partial charge is 0.329 e. The standard InChI is InChI=1S/C17H23F3N3O5S/c1-10-21-14(28-10)15(2,3)11-9-12(23(11)25)22-13(24)16(4,5)29(26,27)8-6-7-17(18,19)20/h9,25H,6-8H2,1-5H3/q+1. The summed E-state index contributed by atoms with van der Waals surface area (Å²) in [5, 5.41) is 10.8. The zero-order valence-corrected chi connectivity index (χ0v) is 17.5. The summed E-state index contributed by atoms with van der Waals surface area (Å²) < 4.78 is 68.8. The van der Waals surface area contributed by atoms with Crippen LogP contribution >= 0.6 is 0 Å². The maximum absolute atomic E-state index is 12.4. The van der Waals surface area contributed by atoms with E-state index in [2.05, 4.69) is 9.66 Å². The number of ether oxygens (including phenoxy) is 1. The van der Waals surface area contributed by atoms with Crippen LogP contribution in [0.4, 0.5) is 13.2 Å². The van der Waals surface area contributed by atoms with Crippen molar-refractivity contribution in [2.24, 2.45) is 10.4 Å². The van der Waals surface area contributed by atoms with Gasteiger partial charge in [0.15, 0.2) is 15.7 Å². The van der Waals surface area contributed by atoms with Crippen molar-refractivity contribution < 1.29 is 36.3 Å². The van der Waals surface area contributed by atoms with Crippen LogP contribution in [0.1, 0.15) is 47.5 Å². The van der Waals surface area contributed by atoms with Crippen molar-refractivity contribution in [3.8, 4) is 0 Å². The Bertz CT molecular complexity index is 955. The van der Waals surface area contributed by atoms with E-state index in [0.29, 0.717) is 22.6 Å². The highest BCUT2D eigenvalue weighted by Gasteiger charge is 2.52. The molecule has 0 aromatic rings. The highest BCUT2D eigenvalue weighted by Crippen LogP contribution is 2.36. The molecule has 0 aromatic carbocycles. The van der Waals surface area contributed by atoms with Crippen molar-refractivity contribution in [1.29, 1.82) is 0 Å². The van der Waals surface area contributed by atoms with E-state index in [1.807, 2.05) is 0 Å². The number of alkyl halides is 3. The first-order chi connectivity index (χ1) is 13.0. The third kappa shape index (κ3) is 4.54. The monoisotopic (exact) mass is 438 g/mol. The van der Waals surface area contributed by atoms with Gasteiger partial charge in [-0.1, -0.05) is 0 Å². The molecule has 0 atom stereocenters. The zero-order valence-electron chi connectivity index (χ0n) is 16.7. The summed E-state index contributed by atoms with van der Waals surface area (Å²) in [6, 6.07) is 0. The van der Waals surface area contributed by atoms with E-state index in [9.17, 15) is 31.6 Å². The zero-order chi connectivity index (χ0) is 22.4. The summed E-state index contributed by atoms with van der Waals surface area (Å²) in [6.45, 7) is 7.26. The molecule has 0 saturated carbocycles. The number of carbonyl (C=O) groups excluding carboxylic acids is 1. The lowest BCUT2D eigenvalue weighted by Gasteiger charge is -2.35. The van der Waals surface area contributed by atoms with Crippen molar-refractivity contribution in [2.75, 3.05) is 5.75 Å². The lowest BCUT2D eigenvalue weighted by molar-refractivity contribution is -0.134. The Hall–Kier alpha value is -2.17. The molecule has 0 radical (unpaired) electrons. The van der Waals surface area contributed by atoms with Gasteiger partial charge in [-0.3, -0.25) is 10.0 Å². The number of aliphatic imine (C=N–C) groups is 1. The van der Waals surface area contributed by atoms with Gasteiger partial charge in [-0.15, -0.1) is 0 Å². The van der Waals surface area contributed by atoms with Gasteiger partial charge < -0.3 is 4.74 Å². The van der Waals surface area contributed by atoms with Gasteiger partial charge in [0.05, 0.1) is 18.4 Å². The molecule has 0 aliphatic carbocycles. The summed E-state index contributed by atoms with van der Waals surface area (Å²) in [5.41, 5.74) is -0.476. The molecule has 0 spiro atoms. The first kappa shape index (κ1) is 23.1. The molecule has 2 rings (SSSR count). The minimum absolute atomic E-state index is 0.183. The molecule has 0 fully saturated rings. The van der Waals surface area contributed by atoms with E-state index >= 15 is 0 Å². The van der Waals surface area contributed by atoms with Crippen molar-refractivity contribution in [3.63, 3.8) is 0 Å². The molecule has 2 heterocycles. The molecule has 29 heavy (non-hydrogen) atoms. The van der Waals surface area contributed by atoms with E-state index in [-0.39, 0.29) is 5.84 Å². The Kier molecular flexibility index (Phi) is 5.79. The van der Waals surface area contributed by atoms with Gasteiger partial charge in [0.25, 0.3) is 5.91 Å². The largest absolute Gasteiger partial charge is 0.488 e. The van der Waals surface area contributed by atoms with Gasteiger partial charge in [-0.25, -0.2) is 13.5 Å². The molecule has 0 bridgehead atoms. The first-order valence-electron chi connectivity index (χ1n) is 8.73. The summed E-state index contributed by atoms with van der Waals surface area (Å²) in [5.74, 6) is -1.25. The fourth-order valence-corrected chi connectivity index (χ4v) is 3.93. The van der Waals surface area contributed by atoms with E-state index in [1.165, 1.54) is 6.08 Å². The number of hydrogen-bond donors (Lipinski definition) is 1. The maximum Gasteiger partial charge on any atom is 0.488 e. The van der Waals surface area contributed by atoms with Crippen LogP contribution in [0.3, 0.4) is 0 Å². The molecule has 0 aromatic heterocycles. The van der Waals surface area contributed by atoms with E-state index < -0.39 is 50.7 Å². The van der Waals surface area contributed by atoms with Gasteiger partial charge in [-0.05, 0) is 38.8 Å². The predicted octanol–water partition coefficient (Wildman–Crippen LogP) is 1.98. The Morgan fingerprint density at radius 2 is 1.83 bits per heavy atom. The molecule has 1 N–H and O–H groups in total. The van der Waals surface area contributed by atoms with Gasteiger partial charge in [0.1, 0.15) is 10.2 Å². The van der Waals surface area contributed by atoms with Gasteiger partial charge in [0, 0.05) is 12.5 Å². The number of nitrogens with zero attached hydrogens (tertiary/aromatic N) is 3. The molecular formula is C17H23F3N3O5S+. The molecule has 162 valence electrons. The summed E-state index contributed by atoms with van der Waals surface area (Å²) in [6.07, 6.45) is -5.02. The van der Waals surface area contributed by atoms with Gasteiger partial charge in [0.2, 0.25) is 0 Å². The second-order valence-electron chi connectivity index (χ2n) is 7.83. The van der Waals surface area contributed by atoms with Crippen LogP contribution in [0.25, 0.3) is 0 Å². The molecule has 2 aliphatic rings. The second kappa shape index (κ2) is 7.26. The van der Waals surface area contributed by atoms with Crippen LogP contribution in [-0.2, 0) is 19.4 Å². The van der Waals surface area contributed by atoms with E-state index in [4.69, 9.17) is 4.74 Å². The normalized spacial score (nSPS) is 19.0. The maximum atomic E-state index is 12.4. The predicted molar refractivity (Wildman–Crippen MR) is 100.0 cm³/mol. The number of rotatable bonds is 7. The molecule has 2 aliphatic heterocycles. The lowest BCUT2D eigenvalue weighted by atomic mass is 9.85. The minimum Gasteiger partial charge on any atom is -0.329 e. The van der Waals surface area contributed by atoms with Crippen molar-refractivity contribution in [2.45, 2.75) is 58.4 Å². The molecule has 12 heteroatoms. The number of hydrogen-bond acceptors (Lipinski definition) is 5. The summed E-state index contributed by atoms with van der Waals surface area (Å²) >= 11 is 0. The number of halogens is 3. The average Bonchev–Trinajstić information content (AvgIpc) is 2.52. The van der Waals surface area contributed by atoms with Crippen LogP contribution in [-0.4, -0.2) is 58.9 Å². The second-order valence-corrected chi connectivity index (χ2v) is 10.5. The Balaban J connectivity index is 2.15. The fourth-order valence-electron chi connectivity index (χ4n) is 2.58. The summed E-state index contributed by atoms with van der Waals surface area (Å²) in [4.78, 5) is 16.0. The van der Waals surface area contributed by atoms with Crippen molar-refractivity contribution in [3.05, 3.63) is 11.8 Å². The average molecular weight is 438 g/mol. The van der Waals surface area contributed by atoms with Crippen LogP contribution in [0.5, 0.6) is 0 Å². The Morgan fingerprint density at radius 3 is 2.28 bits per heavy atom. The molecule has 8 nitrogen and oxygen atoms in total. The fraction of sp³-hybridized carbons (Fsp3) is 0.647. The number of sulfone groups is 1. The number of amides is 1.